The quantitative estimate of drug-likeness (QED) is 0.590. The Balaban J connectivity index is 1.79. The number of nitrogens with zero attached hydrogens (tertiary/aromatic N) is 2. The van der Waals surface area contributed by atoms with Gasteiger partial charge in [-0.2, -0.15) is 0 Å². The lowest BCUT2D eigenvalue weighted by molar-refractivity contribution is -0.115. The van der Waals surface area contributed by atoms with Gasteiger partial charge in [-0.1, -0.05) is 0 Å². The fourth-order valence-corrected chi connectivity index (χ4v) is 2.65. The summed E-state index contributed by atoms with van der Waals surface area (Å²) >= 11 is 0. The number of furan rings is 1. The molecule has 0 bridgehead atoms. The molecule has 27 heavy (non-hydrogen) atoms. The highest BCUT2D eigenvalue weighted by Crippen LogP contribution is 2.25. The Hall–Kier alpha value is -3.68. The van der Waals surface area contributed by atoms with E-state index in [2.05, 4.69) is 15.3 Å². The van der Waals surface area contributed by atoms with Gasteiger partial charge in [0.1, 0.15) is 16.9 Å². The molecule has 0 spiro atoms. The molecule has 8 heteroatoms. The molecule has 1 amide bonds. The van der Waals surface area contributed by atoms with Crippen LogP contribution in [0.4, 0.5) is 0 Å². The van der Waals surface area contributed by atoms with E-state index < -0.39 is 11.9 Å². The number of aromatic carboxylic acids is 1. The zero-order valence-electron chi connectivity index (χ0n) is 14.8. The number of benzene rings is 1. The number of fused-ring (bicyclic) bond motifs is 1. The fourth-order valence-electron chi connectivity index (χ4n) is 2.65. The van der Waals surface area contributed by atoms with Crippen molar-refractivity contribution in [1.29, 1.82) is 0 Å². The van der Waals surface area contributed by atoms with Crippen molar-refractivity contribution in [3.05, 3.63) is 65.1 Å². The van der Waals surface area contributed by atoms with Crippen LogP contribution in [0.1, 0.15) is 33.1 Å². The Bertz CT molecular complexity index is 1050. The Morgan fingerprint density at radius 1 is 1.19 bits per heavy atom. The number of carbonyl (C=O) groups is 2. The Morgan fingerprint density at radius 2 is 1.89 bits per heavy atom. The molecular formula is C19H18N4O4. The van der Waals surface area contributed by atoms with Crippen molar-refractivity contribution in [3.63, 3.8) is 0 Å². The normalized spacial score (nSPS) is 11.6. The van der Waals surface area contributed by atoms with Crippen LogP contribution in [0.3, 0.4) is 0 Å². The van der Waals surface area contributed by atoms with Crippen LogP contribution in [-0.4, -0.2) is 27.0 Å². The summed E-state index contributed by atoms with van der Waals surface area (Å²) in [5.41, 5.74) is 7.71. The SMILES string of the molecule is Cc1cnc(/C(=C\N)C(=O)NCc2cc3cc(C)cc(C(=O)O)c3o2)nc1. The lowest BCUT2D eigenvalue weighted by Gasteiger charge is -2.06. The van der Waals surface area contributed by atoms with Crippen molar-refractivity contribution < 1.29 is 19.1 Å². The van der Waals surface area contributed by atoms with E-state index in [1.54, 1.807) is 31.5 Å². The molecule has 0 atom stereocenters. The highest BCUT2D eigenvalue weighted by molar-refractivity contribution is 6.18. The van der Waals surface area contributed by atoms with E-state index in [0.717, 1.165) is 17.3 Å². The van der Waals surface area contributed by atoms with E-state index in [-0.39, 0.29) is 29.1 Å². The Labute approximate surface area is 154 Å². The Kier molecular flexibility index (Phi) is 4.89. The van der Waals surface area contributed by atoms with Gasteiger partial charge in [0.2, 0.25) is 0 Å². The van der Waals surface area contributed by atoms with Gasteiger partial charge in [-0.3, -0.25) is 4.79 Å². The second kappa shape index (κ2) is 7.28. The summed E-state index contributed by atoms with van der Waals surface area (Å²) in [6.07, 6.45) is 4.33. The summed E-state index contributed by atoms with van der Waals surface area (Å²) in [4.78, 5) is 32.0. The maximum atomic E-state index is 12.4. The average Bonchev–Trinajstić information content (AvgIpc) is 3.04. The zero-order chi connectivity index (χ0) is 19.6. The van der Waals surface area contributed by atoms with Crippen LogP contribution in [0.5, 0.6) is 0 Å². The van der Waals surface area contributed by atoms with Gasteiger partial charge >= 0.3 is 5.97 Å². The number of nitrogens with one attached hydrogen (secondary N) is 1. The van der Waals surface area contributed by atoms with Gasteiger partial charge in [-0.25, -0.2) is 14.8 Å². The second-order valence-corrected chi connectivity index (χ2v) is 6.10. The third-order valence-corrected chi connectivity index (χ3v) is 3.90. The second-order valence-electron chi connectivity index (χ2n) is 6.10. The van der Waals surface area contributed by atoms with Crippen molar-refractivity contribution in [2.45, 2.75) is 20.4 Å². The first-order chi connectivity index (χ1) is 12.9. The summed E-state index contributed by atoms with van der Waals surface area (Å²) in [5.74, 6) is -0.892. The fraction of sp³-hybridized carbons (Fsp3) is 0.158. The highest BCUT2D eigenvalue weighted by Gasteiger charge is 2.17. The molecule has 2 aromatic heterocycles. The first-order valence-corrected chi connectivity index (χ1v) is 8.14. The number of aromatic nitrogens is 2. The predicted octanol–water partition coefficient (Wildman–Crippen LogP) is 2.15. The molecule has 0 unspecified atom stereocenters. The molecule has 0 saturated carbocycles. The summed E-state index contributed by atoms with van der Waals surface area (Å²) < 4.78 is 5.62. The lowest BCUT2D eigenvalue weighted by Crippen LogP contribution is -2.25. The topological polar surface area (TPSA) is 131 Å². The minimum Gasteiger partial charge on any atom is -0.478 e. The van der Waals surface area contributed by atoms with Crippen LogP contribution in [0.15, 0.2) is 41.2 Å². The number of carbonyl (C=O) groups excluding carboxylic acids is 1. The van der Waals surface area contributed by atoms with Crippen LogP contribution in [0.25, 0.3) is 16.5 Å². The van der Waals surface area contributed by atoms with E-state index in [1.807, 2.05) is 13.0 Å². The van der Waals surface area contributed by atoms with E-state index in [9.17, 15) is 14.7 Å². The van der Waals surface area contributed by atoms with Crippen molar-refractivity contribution in [3.8, 4) is 0 Å². The van der Waals surface area contributed by atoms with Crippen LogP contribution in [0.2, 0.25) is 0 Å². The van der Waals surface area contributed by atoms with Gasteiger partial charge in [-0.15, -0.1) is 0 Å². The third kappa shape index (κ3) is 3.79. The number of amides is 1. The molecular weight excluding hydrogens is 348 g/mol. The molecule has 0 aliphatic carbocycles. The molecule has 0 aliphatic rings. The van der Waals surface area contributed by atoms with Crippen molar-refractivity contribution >= 4 is 28.4 Å². The number of rotatable bonds is 5. The molecule has 0 saturated heterocycles. The lowest BCUT2D eigenvalue weighted by atomic mass is 10.1. The minimum atomic E-state index is -1.07. The molecule has 1 aromatic carbocycles. The first kappa shape index (κ1) is 18.1. The number of carboxylic acids is 1. The van der Waals surface area contributed by atoms with Crippen molar-refractivity contribution in [2.24, 2.45) is 5.73 Å². The van der Waals surface area contributed by atoms with Gasteiger partial charge in [0, 0.05) is 24.0 Å². The molecule has 4 N–H and O–H groups in total. The molecule has 138 valence electrons. The van der Waals surface area contributed by atoms with E-state index in [0.29, 0.717) is 11.1 Å². The van der Waals surface area contributed by atoms with Gasteiger partial charge in [0.05, 0.1) is 12.1 Å². The maximum absolute atomic E-state index is 12.4. The molecule has 3 aromatic rings. The highest BCUT2D eigenvalue weighted by atomic mass is 16.4. The van der Waals surface area contributed by atoms with Crippen molar-refractivity contribution in [2.75, 3.05) is 0 Å². The van der Waals surface area contributed by atoms with E-state index in [1.165, 1.54) is 0 Å². The van der Waals surface area contributed by atoms with Gasteiger partial charge < -0.3 is 20.6 Å². The monoisotopic (exact) mass is 366 g/mol. The van der Waals surface area contributed by atoms with E-state index in [4.69, 9.17) is 10.2 Å². The average molecular weight is 366 g/mol. The number of hydrogen-bond acceptors (Lipinski definition) is 6. The van der Waals surface area contributed by atoms with Crippen LogP contribution in [-0.2, 0) is 11.3 Å². The molecule has 0 aliphatic heterocycles. The van der Waals surface area contributed by atoms with E-state index >= 15 is 0 Å². The zero-order valence-corrected chi connectivity index (χ0v) is 14.8. The molecule has 2 heterocycles. The van der Waals surface area contributed by atoms with Gasteiger partial charge in [0.25, 0.3) is 5.91 Å². The summed E-state index contributed by atoms with van der Waals surface area (Å²) in [6.45, 7) is 3.71. The minimum absolute atomic E-state index is 0.0643. The number of nitrogens with two attached hydrogens (primary N) is 1. The molecule has 3 rings (SSSR count). The number of carboxylic acid groups (broad SMARTS) is 1. The summed E-state index contributed by atoms with van der Waals surface area (Å²) in [7, 11) is 0. The number of hydrogen-bond donors (Lipinski definition) is 3. The standard InChI is InChI=1S/C19H18N4O4/c1-10-3-12-5-13(27-16(12)14(4-10)19(25)26)9-23-18(24)15(6-20)17-21-7-11(2)8-22-17/h3-8H,9,20H2,1-2H3,(H,23,24)(H,25,26)/b15-6+. The van der Waals surface area contributed by atoms with Crippen LogP contribution < -0.4 is 11.1 Å². The summed E-state index contributed by atoms with van der Waals surface area (Å²) in [6, 6.07) is 5.06. The predicted molar refractivity (Wildman–Crippen MR) is 98.7 cm³/mol. The van der Waals surface area contributed by atoms with Crippen molar-refractivity contribution in [1.82, 2.24) is 15.3 Å². The number of aryl methyl sites for hydroxylation is 2. The molecule has 0 radical (unpaired) electrons. The Morgan fingerprint density at radius 3 is 2.52 bits per heavy atom. The van der Waals surface area contributed by atoms with Gasteiger partial charge in [-0.05, 0) is 43.2 Å². The first-order valence-electron chi connectivity index (χ1n) is 8.14. The largest absolute Gasteiger partial charge is 0.478 e. The van der Waals surface area contributed by atoms with Gasteiger partial charge in [0.15, 0.2) is 5.82 Å². The molecule has 8 nitrogen and oxygen atoms in total. The maximum Gasteiger partial charge on any atom is 0.339 e. The van der Waals surface area contributed by atoms with Crippen LogP contribution >= 0.6 is 0 Å². The smallest absolute Gasteiger partial charge is 0.339 e. The molecule has 0 fully saturated rings. The summed E-state index contributed by atoms with van der Waals surface area (Å²) in [5, 5.41) is 12.7. The van der Waals surface area contributed by atoms with Crippen LogP contribution in [0, 0.1) is 13.8 Å². The third-order valence-electron chi connectivity index (χ3n) is 3.90.